The Balaban J connectivity index is 2.33. The quantitative estimate of drug-likeness (QED) is 0.551. The minimum absolute atomic E-state index is 0.137. The van der Waals surface area contributed by atoms with Crippen molar-refractivity contribution in [3.8, 4) is 11.3 Å². The van der Waals surface area contributed by atoms with Gasteiger partial charge in [0.05, 0.1) is 12.0 Å². The molecule has 0 aliphatic rings. The predicted octanol–water partition coefficient (Wildman–Crippen LogP) is 1.57. The summed E-state index contributed by atoms with van der Waals surface area (Å²) in [5.41, 5.74) is 1.25. The monoisotopic (exact) mass is 326 g/mol. The number of thioether (sulfide) groups is 1. The number of rotatable bonds is 6. The molecule has 112 valence electrons. The van der Waals surface area contributed by atoms with Gasteiger partial charge in [0.2, 0.25) is 0 Å². The lowest BCUT2D eigenvalue weighted by Crippen LogP contribution is -2.21. The number of benzene rings is 1. The zero-order valence-electron chi connectivity index (χ0n) is 11.3. The molecule has 0 amide bonds. The number of hydrogen-bond donors (Lipinski definition) is 3. The van der Waals surface area contributed by atoms with Crippen LogP contribution in [0.3, 0.4) is 0 Å². The van der Waals surface area contributed by atoms with E-state index in [4.69, 9.17) is 11.6 Å². The first kappa shape index (κ1) is 15.8. The lowest BCUT2D eigenvalue weighted by molar-refractivity contribution is 0.211. The van der Waals surface area contributed by atoms with Gasteiger partial charge >= 0.3 is 0 Å². The van der Waals surface area contributed by atoms with Gasteiger partial charge in [0.1, 0.15) is 0 Å². The van der Waals surface area contributed by atoms with Gasteiger partial charge in [-0.3, -0.25) is 9.78 Å². The predicted molar refractivity (Wildman–Crippen MR) is 85.1 cm³/mol. The van der Waals surface area contributed by atoms with E-state index >= 15 is 0 Å². The largest absolute Gasteiger partial charge is 0.390 e. The average molecular weight is 327 g/mol. The van der Waals surface area contributed by atoms with Gasteiger partial charge in [0, 0.05) is 17.8 Å². The number of hydrogen-bond acceptors (Lipinski definition) is 6. The summed E-state index contributed by atoms with van der Waals surface area (Å²) in [6, 6.07) is 7.21. The highest BCUT2D eigenvalue weighted by Gasteiger charge is 2.12. The highest BCUT2D eigenvalue weighted by molar-refractivity contribution is 7.98. The molecule has 0 saturated carbocycles. The maximum atomic E-state index is 12.1. The highest BCUT2D eigenvalue weighted by atomic mass is 35.5. The smallest absolute Gasteiger partial charge is 0.278 e. The van der Waals surface area contributed by atoms with Gasteiger partial charge in [-0.05, 0) is 12.3 Å². The van der Waals surface area contributed by atoms with E-state index in [1.165, 1.54) is 11.8 Å². The second-order valence-electron chi connectivity index (χ2n) is 4.25. The average Bonchev–Trinajstić information content (AvgIpc) is 2.52. The Kier molecular flexibility index (Phi) is 5.60. The molecule has 0 aliphatic carbocycles. The van der Waals surface area contributed by atoms with E-state index < -0.39 is 6.10 Å². The van der Waals surface area contributed by atoms with E-state index in [9.17, 15) is 9.90 Å². The molecule has 0 radical (unpaired) electrons. The molecule has 0 saturated heterocycles. The fourth-order valence-corrected chi connectivity index (χ4v) is 2.14. The van der Waals surface area contributed by atoms with E-state index in [-0.39, 0.29) is 23.7 Å². The van der Waals surface area contributed by atoms with Crippen LogP contribution >= 0.6 is 23.4 Å². The third-order valence-corrected chi connectivity index (χ3v) is 3.68. The minimum atomic E-state index is -0.664. The van der Waals surface area contributed by atoms with Crippen molar-refractivity contribution in [1.82, 2.24) is 15.2 Å². The van der Waals surface area contributed by atoms with Crippen molar-refractivity contribution in [3.05, 3.63) is 34.6 Å². The molecule has 2 aromatic rings. The molecule has 1 aromatic carbocycles. The van der Waals surface area contributed by atoms with Crippen LogP contribution in [0.25, 0.3) is 11.3 Å². The number of para-hydroxylation sites is 1. The Labute approximate surface area is 131 Å². The van der Waals surface area contributed by atoms with E-state index in [2.05, 4.69) is 20.5 Å². The van der Waals surface area contributed by atoms with Gasteiger partial charge in [-0.1, -0.05) is 30.0 Å². The molecule has 1 aromatic heterocycles. The maximum Gasteiger partial charge on any atom is 0.278 e. The Morgan fingerprint density at radius 1 is 1.43 bits per heavy atom. The van der Waals surface area contributed by atoms with Crippen molar-refractivity contribution in [2.24, 2.45) is 0 Å². The molecule has 1 heterocycles. The topological polar surface area (TPSA) is 90.9 Å². The third kappa shape index (κ3) is 3.96. The number of nitrogens with zero attached hydrogens (tertiary/aromatic N) is 2. The fourth-order valence-electron chi connectivity index (χ4n) is 1.72. The van der Waals surface area contributed by atoms with Gasteiger partial charge in [-0.2, -0.15) is 0 Å². The van der Waals surface area contributed by atoms with Crippen LogP contribution in [0.2, 0.25) is 0 Å². The van der Waals surface area contributed by atoms with Gasteiger partial charge in [-0.25, -0.2) is 0 Å². The van der Waals surface area contributed by atoms with Crippen LogP contribution in [-0.4, -0.2) is 45.1 Å². The summed E-state index contributed by atoms with van der Waals surface area (Å²) >= 11 is 6.88. The normalized spacial score (nSPS) is 12.1. The van der Waals surface area contributed by atoms with Crippen molar-refractivity contribution >= 4 is 29.1 Å². The lowest BCUT2D eigenvalue weighted by Gasteiger charge is -2.13. The number of H-pyrrole nitrogens is 1. The summed E-state index contributed by atoms with van der Waals surface area (Å²) in [6.45, 7) is 0.286. The number of aliphatic hydroxyl groups excluding tert-OH is 1. The zero-order valence-corrected chi connectivity index (χ0v) is 12.9. The highest BCUT2D eigenvalue weighted by Crippen LogP contribution is 2.23. The molecule has 1 unspecified atom stereocenters. The van der Waals surface area contributed by atoms with E-state index in [0.717, 1.165) is 0 Å². The molecule has 0 fully saturated rings. The molecule has 6 nitrogen and oxygen atoms in total. The molecule has 1 atom stereocenters. The van der Waals surface area contributed by atoms with E-state index in [1.807, 2.05) is 18.4 Å². The Morgan fingerprint density at radius 3 is 2.86 bits per heavy atom. The summed E-state index contributed by atoms with van der Waals surface area (Å²) in [4.78, 5) is 14.7. The Bertz CT molecular complexity index is 665. The van der Waals surface area contributed by atoms with Crippen LogP contribution in [0.1, 0.15) is 0 Å². The molecule has 2 rings (SSSR count). The van der Waals surface area contributed by atoms with Gasteiger partial charge in [-0.15, -0.1) is 21.8 Å². The standard InChI is InChI=1S/C13H15ClN4O2S/c1-21-13-16-12(20)11(17-18-13)9-4-2-3-5-10(9)15-7-8(19)6-14/h2-5,8,15,19H,6-7H2,1H3,(H,16,18,20). The van der Waals surface area contributed by atoms with Gasteiger partial charge < -0.3 is 10.4 Å². The second kappa shape index (κ2) is 7.44. The zero-order chi connectivity index (χ0) is 15.2. The third-order valence-electron chi connectivity index (χ3n) is 2.76. The maximum absolute atomic E-state index is 12.1. The first-order valence-corrected chi connectivity index (χ1v) is 8.00. The fraction of sp³-hybridized carbons (Fsp3) is 0.308. The first-order chi connectivity index (χ1) is 10.2. The second-order valence-corrected chi connectivity index (χ2v) is 5.35. The molecular weight excluding hydrogens is 312 g/mol. The first-order valence-electron chi connectivity index (χ1n) is 6.24. The summed E-state index contributed by atoms with van der Waals surface area (Å²) in [5.74, 6) is 0.137. The summed E-state index contributed by atoms with van der Waals surface area (Å²) in [5, 5.41) is 21.0. The number of aromatic amines is 1. The van der Waals surface area contributed by atoms with Crippen molar-refractivity contribution in [3.63, 3.8) is 0 Å². The van der Waals surface area contributed by atoms with Crippen molar-refractivity contribution in [2.45, 2.75) is 11.3 Å². The van der Waals surface area contributed by atoms with Gasteiger partial charge in [0.15, 0.2) is 10.9 Å². The number of aromatic nitrogens is 3. The number of halogens is 1. The van der Waals surface area contributed by atoms with Crippen molar-refractivity contribution in [2.75, 3.05) is 24.0 Å². The molecule has 8 heteroatoms. The molecule has 0 spiro atoms. The lowest BCUT2D eigenvalue weighted by atomic mass is 10.1. The van der Waals surface area contributed by atoms with Crippen LogP contribution < -0.4 is 10.9 Å². The van der Waals surface area contributed by atoms with Crippen LogP contribution in [-0.2, 0) is 0 Å². The Hall–Kier alpha value is -1.57. The van der Waals surface area contributed by atoms with Crippen molar-refractivity contribution in [1.29, 1.82) is 0 Å². The van der Waals surface area contributed by atoms with Crippen LogP contribution in [0.5, 0.6) is 0 Å². The molecule has 21 heavy (non-hydrogen) atoms. The Morgan fingerprint density at radius 2 is 2.19 bits per heavy atom. The van der Waals surface area contributed by atoms with E-state index in [0.29, 0.717) is 16.4 Å². The van der Waals surface area contributed by atoms with Crippen LogP contribution in [0.15, 0.2) is 34.2 Å². The molecule has 0 bridgehead atoms. The minimum Gasteiger partial charge on any atom is -0.390 e. The SMILES string of the molecule is CSc1nnc(-c2ccccc2NCC(O)CCl)c(=O)[nH]1. The summed E-state index contributed by atoms with van der Waals surface area (Å²) in [6.07, 6.45) is 1.14. The van der Waals surface area contributed by atoms with Crippen molar-refractivity contribution < 1.29 is 5.11 Å². The number of alkyl halides is 1. The number of anilines is 1. The number of nitrogens with one attached hydrogen (secondary N) is 2. The molecule has 3 N–H and O–H groups in total. The van der Waals surface area contributed by atoms with Crippen LogP contribution in [0, 0.1) is 0 Å². The summed E-state index contributed by atoms with van der Waals surface area (Å²) in [7, 11) is 0. The molecule has 0 aliphatic heterocycles. The van der Waals surface area contributed by atoms with E-state index in [1.54, 1.807) is 12.1 Å². The molecular formula is C13H15ClN4O2S. The summed E-state index contributed by atoms with van der Waals surface area (Å²) < 4.78 is 0. The van der Waals surface area contributed by atoms with Crippen LogP contribution in [0.4, 0.5) is 5.69 Å². The number of aliphatic hydroxyl groups is 1. The van der Waals surface area contributed by atoms with Gasteiger partial charge in [0.25, 0.3) is 5.56 Å².